The van der Waals surface area contributed by atoms with Crippen molar-refractivity contribution in [2.75, 3.05) is 17.7 Å². The number of halogens is 1. The van der Waals surface area contributed by atoms with E-state index >= 15 is 0 Å². The second-order valence-electron chi connectivity index (χ2n) is 8.00. The van der Waals surface area contributed by atoms with Crippen molar-refractivity contribution in [3.63, 3.8) is 0 Å². The summed E-state index contributed by atoms with van der Waals surface area (Å²) in [6, 6.07) is 6.54. The van der Waals surface area contributed by atoms with Gasteiger partial charge < -0.3 is 19.2 Å². The molecule has 1 aliphatic rings. The first kappa shape index (κ1) is 26.1. The number of hydrogen-bond acceptors (Lipinski definition) is 10. The van der Waals surface area contributed by atoms with E-state index in [0.29, 0.717) is 27.8 Å². The van der Waals surface area contributed by atoms with Crippen molar-refractivity contribution in [3.8, 4) is 5.75 Å². The van der Waals surface area contributed by atoms with Crippen molar-refractivity contribution < 1.29 is 31.9 Å². The number of thiophene rings is 1. The fraction of sp³-hybridized carbons (Fsp3) is 0.391. The van der Waals surface area contributed by atoms with Crippen molar-refractivity contribution in [1.29, 1.82) is 0 Å². The van der Waals surface area contributed by atoms with Crippen LogP contribution in [0.3, 0.4) is 0 Å². The van der Waals surface area contributed by atoms with Crippen LogP contribution in [0, 0.1) is 0 Å². The molecule has 192 valence electrons. The highest BCUT2D eigenvalue weighted by Gasteiger charge is 2.30. The van der Waals surface area contributed by atoms with E-state index in [4.69, 9.17) is 25.5 Å². The molecule has 2 heterocycles. The minimum atomic E-state index is -4.24. The molecule has 3 aromatic rings. The zero-order valence-corrected chi connectivity index (χ0v) is 21.8. The van der Waals surface area contributed by atoms with Gasteiger partial charge in [0.15, 0.2) is 6.61 Å². The molecule has 10 nitrogen and oxygen atoms in total. The molecular weight excluding hydrogens is 530 g/mol. The maximum absolute atomic E-state index is 12.7. The number of amides is 1. The number of nitrogens with zero attached hydrogens (tertiary/aromatic N) is 2. The van der Waals surface area contributed by atoms with Gasteiger partial charge in [-0.3, -0.25) is 4.79 Å². The van der Waals surface area contributed by atoms with E-state index in [0.717, 1.165) is 36.1 Å². The first-order chi connectivity index (χ1) is 17.3. The normalized spacial score (nSPS) is 13.5. The Morgan fingerprint density at radius 2 is 1.89 bits per heavy atom. The lowest BCUT2D eigenvalue weighted by atomic mass is 10.1. The molecule has 36 heavy (non-hydrogen) atoms. The molecule has 0 bridgehead atoms. The lowest BCUT2D eigenvalue weighted by Gasteiger charge is -2.08. The van der Waals surface area contributed by atoms with E-state index in [1.807, 2.05) is 0 Å². The lowest BCUT2D eigenvalue weighted by molar-refractivity contribution is -0.113. The molecule has 4 rings (SSSR count). The standard InChI is InChI=1S/C23H24ClN3O7S2/c1-2-32-22(29)20-16-6-4-3-5-7-17(16)35-21(20)25-18(28)13-36(30,31)23-27-26-19(34-23)12-33-15-10-8-14(24)9-11-15/h8-11H,2-7,12-13H2,1H3,(H,25,28). The molecule has 1 N–H and O–H groups in total. The summed E-state index contributed by atoms with van der Waals surface area (Å²) in [6.45, 7) is 1.72. The summed E-state index contributed by atoms with van der Waals surface area (Å²) in [5, 5.41) is 9.96. The quantitative estimate of drug-likeness (QED) is 0.305. The number of sulfone groups is 1. The van der Waals surface area contributed by atoms with Gasteiger partial charge >= 0.3 is 11.2 Å². The van der Waals surface area contributed by atoms with E-state index in [1.165, 1.54) is 11.3 Å². The van der Waals surface area contributed by atoms with Crippen molar-refractivity contribution in [3.05, 3.63) is 51.2 Å². The number of rotatable bonds is 9. The van der Waals surface area contributed by atoms with E-state index in [9.17, 15) is 18.0 Å². The fourth-order valence-corrected chi connectivity index (χ4v) is 6.09. The molecule has 2 aromatic heterocycles. The number of aromatic nitrogens is 2. The number of carbonyl (C=O) groups is 2. The van der Waals surface area contributed by atoms with Gasteiger partial charge in [-0.05, 0) is 62.4 Å². The predicted octanol–water partition coefficient (Wildman–Crippen LogP) is 4.22. The Hall–Kier alpha value is -2.96. The molecule has 1 aliphatic carbocycles. The largest absolute Gasteiger partial charge is 0.484 e. The molecule has 1 amide bonds. The van der Waals surface area contributed by atoms with E-state index in [2.05, 4.69) is 15.5 Å². The Morgan fingerprint density at radius 1 is 1.14 bits per heavy atom. The fourth-order valence-electron chi connectivity index (χ4n) is 3.75. The zero-order valence-electron chi connectivity index (χ0n) is 19.4. The summed E-state index contributed by atoms with van der Waals surface area (Å²) in [4.78, 5) is 26.4. The predicted molar refractivity (Wildman–Crippen MR) is 132 cm³/mol. The molecule has 0 aliphatic heterocycles. The van der Waals surface area contributed by atoms with Crippen molar-refractivity contribution >= 4 is 49.7 Å². The number of ether oxygens (including phenoxy) is 2. The molecule has 1 aromatic carbocycles. The Kier molecular flexibility index (Phi) is 8.27. The summed E-state index contributed by atoms with van der Waals surface area (Å²) in [5.74, 6) is -1.88. The first-order valence-corrected chi connectivity index (χ1v) is 14.2. The van der Waals surface area contributed by atoms with Crippen LogP contribution in [0.5, 0.6) is 5.75 Å². The Labute approximate surface area is 216 Å². The third kappa shape index (κ3) is 6.23. The smallest absolute Gasteiger partial charge is 0.341 e. The van der Waals surface area contributed by atoms with E-state index < -0.39 is 32.7 Å². The molecule has 0 unspecified atom stereocenters. The van der Waals surface area contributed by atoms with Gasteiger partial charge in [0.05, 0.1) is 12.2 Å². The van der Waals surface area contributed by atoms with E-state index in [1.54, 1.807) is 31.2 Å². The van der Waals surface area contributed by atoms with Crippen LogP contribution in [0.2, 0.25) is 5.02 Å². The number of aryl methyl sites for hydroxylation is 1. The second-order valence-corrected chi connectivity index (χ2v) is 11.4. The Morgan fingerprint density at radius 3 is 2.64 bits per heavy atom. The molecule has 0 spiro atoms. The highest BCUT2D eigenvalue weighted by Crippen LogP contribution is 2.38. The van der Waals surface area contributed by atoms with Gasteiger partial charge in [-0.1, -0.05) is 23.1 Å². The summed E-state index contributed by atoms with van der Waals surface area (Å²) in [5.41, 5.74) is 1.18. The number of nitrogens with one attached hydrogen (secondary N) is 1. The molecular formula is C23H24ClN3O7S2. The number of esters is 1. The van der Waals surface area contributed by atoms with Crippen LogP contribution in [0.25, 0.3) is 0 Å². The first-order valence-electron chi connectivity index (χ1n) is 11.3. The van der Waals surface area contributed by atoms with Crippen molar-refractivity contribution in [2.45, 2.75) is 50.9 Å². The molecule has 0 saturated heterocycles. The summed E-state index contributed by atoms with van der Waals surface area (Å²) < 4.78 is 41.3. The van der Waals surface area contributed by atoms with Gasteiger partial charge in [0.2, 0.25) is 15.7 Å². The third-order valence-corrected chi connectivity index (χ3v) is 8.16. The zero-order chi connectivity index (χ0) is 25.7. The topological polar surface area (TPSA) is 138 Å². The highest BCUT2D eigenvalue weighted by molar-refractivity contribution is 7.91. The number of fused-ring (bicyclic) bond motifs is 1. The van der Waals surface area contributed by atoms with Gasteiger partial charge in [0, 0.05) is 9.90 Å². The summed E-state index contributed by atoms with van der Waals surface area (Å²) in [6.07, 6.45) is 4.47. The second kappa shape index (κ2) is 11.4. The van der Waals surface area contributed by atoms with Gasteiger partial charge in [-0.15, -0.1) is 16.4 Å². The Balaban J connectivity index is 1.44. The van der Waals surface area contributed by atoms with Gasteiger partial charge in [-0.25, -0.2) is 13.2 Å². The molecule has 0 saturated carbocycles. The van der Waals surface area contributed by atoms with Gasteiger partial charge in [0.25, 0.3) is 5.89 Å². The minimum absolute atomic E-state index is 0.0736. The van der Waals surface area contributed by atoms with Crippen LogP contribution in [0.1, 0.15) is 52.9 Å². The van der Waals surface area contributed by atoms with Gasteiger partial charge in [-0.2, -0.15) is 0 Å². The number of anilines is 1. The highest BCUT2D eigenvalue weighted by atomic mass is 35.5. The molecule has 0 fully saturated rings. The Bertz CT molecular complexity index is 1350. The van der Waals surface area contributed by atoms with Crippen LogP contribution in [0.15, 0.2) is 33.9 Å². The van der Waals surface area contributed by atoms with E-state index in [-0.39, 0.29) is 19.1 Å². The van der Waals surface area contributed by atoms with Crippen LogP contribution < -0.4 is 10.1 Å². The van der Waals surface area contributed by atoms with Gasteiger partial charge in [0.1, 0.15) is 16.5 Å². The maximum atomic E-state index is 12.7. The van der Waals surface area contributed by atoms with Crippen molar-refractivity contribution in [2.24, 2.45) is 0 Å². The molecule has 13 heteroatoms. The average Bonchev–Trinajstić information content (AvgIpc) is 3.37. The number of benzene rings is 1. The minimum Gasteiger partial charge on any atom is -0.484 e. The maximum Gasteiger partial charge on any atom is 0.341 e. The van der Waals surface area contributed by atoms with Crippen LogP contribution in [-0.2, 0) is 38.8 Å². The molecule has 0 radical (unpaired) electrons. The average molecular weight is 554 g/mol. The van der Waals surface area contributed by atoms with Crippen LogP contribution >= 0.6 is 22.9 Å². The monoisotopic (exact) mass is 553 g/mol. The number of carbonyl (C=O) groups excluding carboxylic acids is 2. The number of hydrogen-bond donors (Lipinski definition) is 1. The molecule has 0 atom stereocenters. The third-order valence-electron chi connectivity index (χ3n) is 5.37. The van der Waals surface area contributed by atoms with Crippen LogP contribution in [-0.4, -0.2) is 42.9 Å². The van der Waals surface area contributed by atoms with Crippen LogP contribution in [0.4, 0.5) is 5.00 Å². The summed E-state index contributed by atoms with van der Waals surface area (Å²) >= 11 is 7.11. The summed E-state index contributed by atoms with van der Waals surface area (Å²) in [7, 11) is -4.24. The van der Waals surface area contributed by atoms with Crippen molar-refractivity contribution in [1.82, 2.24) is 10.2 Å². The SMILES string of the molecule is CCOC(=O)c1c(NC(=O)CS(=O)(=O)c2nnc(COc3ccc(Cl)cc3)o2)sc2c1CCCCC2. The lowest BCUT2D eigenvalue weighted by Crippen LogP contribution is -2.24.